The van der Waals surface area contributed by atoms with E-state index in [9.17, 15) is 13.9 Å². The van der Waals surface area contributed by atoms with Crippen molar-refractivity contribution in [2.24, 2.45) is 5.73 Å². The van der Waals surface area contributed by atoms with Crippen molar-refractivity contribution in [2.75, 3.05) is 13.7 Å². The predicted molar refractivity (Wildman–Crippen MR) is 56.6 cm³/mol. The van der Waals surface area contributed by atoms with Crippen LogP contribution in [0.3, 0.4) is 0 Å². The third-order valence-electron chi connectivity index (χ3n) is 2.60. The first kappa shape index (κ1) is 12.9. The summed E-state index contributed by atoms with van der Waals surface area (Å²) in [7, 11) is 1.43. The van der Waals surface area contributed by atoms with Gasteiger partial charge in [-0.3, -0.25) is 0 Å². The van der Waals surface area contributed by atoms with Crippen molar-refractivity contribution >= 4 is 0 Å². The predicted octanol–water partition coefficient (Wildman–Crippen LogP) is 1.50. The topological polar surface area (TPSA) is 55.5 Å². The highest BCUT2D eigenvalue weighted by atomic mass is 19.3. The summed E-state index contributed by atoms with van der Waals surface area (Å²) in [5.74, 6) is -2.98. The summed E-state index contributed by atoms with van der Waals surface area (Å²) in [6.07, 6.45) is 0. The molecule has 0 aliphatic carbocycles. The molecule has 1 rings (SSSR count). The number of hydrogen-bond donors (Lipinski definition) is 2. The molecule has 0 aromatic heterocycles. The van der Waals surface area contributed by atoms with Gasteiger partial charge in [-0.15, -0.1) is 0 Å². The molecular formula is C11H15F2NO2. The fourth-order valence-corrected chi connectivity index (χ4v) is 1.34. The van der Waals surface area contributed by atoms with Gasteiger partial charge in [-0.25, -0.2) is 8.78 Å². The lowest BCUT2D eigenvalue weighted by Crippen LogP contribution is -2.48. The number of rotatable bonds is 4. The molecule has 0 amide bonds. The normalized spacial score (nSPS) is 15.6. The Morgan fingerprint density at radius 1 is 1.44 bits per heavy atom. The van der Waals surface area contributed by atoms with Gasteiger partial charge < -0.3 is 15.6 Å². The molecule has 1 aromatic carbocycles. The molecule has 1 unspecified atom stereocenters. The van der Waals surface area contributed by atoms with Crippen molar-refractivity contribution in [3.05, 3.63) is 29.8 Å². The van der Waals surface area contributed by atoms with E-state index < -0.39 is 18.1 Å². The largest absolute Gasteiger partial charge is 0.497 e. The molecule has 3 nitrogen and oxygen atoms in total. The maximum absolute atomic E-state index is 13.4. The first-order chi connectivity index (χ1) is 7.35. The molecule has 0 heterocycles. The Labute approximate surface area is 92.8 Å². The summed E-state index contributed by atoms with van der Waals surface area (Å²) in [5, 5.41) is 9.85. The van der Waals surface area contributed by atoms with E-state index in [2.05, 4.69) is 0 Å². The smallest absolute Gasteiger partial charge is 0.291 e. The number of halogens is 2. The highest BCUT2D eigenvalue weighted by Crippen LogP contribution is 2.37. The Balaban J connectivity index is 3.16. The minimum atomic E-state index is -3.39. The van der Waals surface area contributed by atoms with Gasteiger partial charge in [-0.1, -0.05) is 12.1 Å². The fraction of sp³-hybridized carbons (Fsp3) is 0.455. The molecule has 1 aromatic rings. The van der Waals surface area contributed by atoms with Crippen LogP contribution in [0.4, 0.5) is 8.78 Å². The Morgan fingerprint density at radius 2 is 2.06 bits per heavy atom. The van der Waals surface area contributed by atoms with Gasteiger partial charge in [0, 0.05) is 0 Å². The summed E-state index contributed by atoms with van der Waals surface area (Å²) in [6.45, 7) is 0.117. The number of nitrogens with two attached hydrogens (primary N) is 1. The van der Waals surface area contributed by atoms with Crippen LogP contribution in [0.1, 0.15) is 12.5 Å². The molecule has 0 aliphatic heterocycles. The summed E-state index contributed by atoms with van der Waals surface area (Å²) < 4.78 is 31.8. The number of methoxy groups -OCH3 is 1. The summed E-state index contributed by atoms with van der Waals surface area (Å²) in [5.41, 5.74) is 2.72. The zero-order chi connectivity index (χ0) is 12.4. The van der Waals surface area contributed by atoms with Crippen molar-refractivity contribution in [1.82, 2.24) is 0 Å². The summed E-state index contributed by atoms with van der Waals surface area (Å²) >= 11 is 0. The zero-order valence-electron chi connectivity index (χ0n) is 9.21. The van der Waals surface area contributed by atoms with Gasteiger partial charge in [-0.05, 0) is 24.6 Å². The molecule has 0 fully saturated rings. The first-order valence-electron chi connectivity index (χ1n) is 4.80. The highest BCUT2D eigenvalue weighted by Gasteiger charge is 2.49. The van der Waals surface area contributed by atoms with Gasteiger partial charge in [-0.2, -0.15) is 0 Å². The quantitative estimate of drug-likeness (QED) is 0.825. The lowest BCUT2D eigenvalue weighted by molar-refractivity contribution is -0.170. The number of hydrogen-bond acceptors (Lipinski definition) is 3. The second kappa shape index (κ2) is 4.35. The summed E-state index contributed by atoms with van der Waals surface area (Å²) in [4.78, 5) is 0. The third kappa shape index (κ3) is 2.15. The number of aliphatic hydroxyl groups is 1. The van der Waals surface area contributed by atoms with E-state index in [0.29, 0.717) is 5.75 Å². The van der Waals surface area contributed by atoms with Crippen LogP contribution in [0.25, 0.3) is 0 Å². The molecule has 0 radical (unpaired) electrons. The van der Waals surface area contributed by atoms with Gasteiger partial charge >= 0.3 is 0 Å². The Bertz CT molecular complexity index is 367. The summed E-state index contributed by atoms with van der Waals surface area (Å²) in [6, 6.07) is 5.92. The molecule has 0 aliphatic rings. The van der Waals surface area contributed by atoms with E-state index in [1.54, 1.807) is 6.07 Å². The van der Waals surface area contributed by atoms with Crippen molar-refractivity contribution in [3.63, 3.8) is 0 Å². The van der Waals surface area contributed by atoms with Crippen molar-refractivity contribution in [3.8, 4) is 5.75 Å². The Morgan fingerprint density at radius 3 is 2.56 bits per heavy atom. The van der Waals surface area contributed by atoms with Crippen LogP contribution >= 0.6 is 0 Å². The van der Waals surface area contributed by atoms with Gasteiger partial charge in [0.05, 0.1) is 13.7 Å². The van der Waals surface area contributed by atoms with Gasteiger partial charge in [0.1, 0.15) is 5.75 Å². The van der Waals surface area contributed by atoms with E-state index in [0.717, 1.165) is 6.92 Å². The highest BCUT2D eigenvalue weighted by molar-refractivity contribution is 5.33. The number of alkyl halides is 2. The van der Waals surface area contributed by atoms with Gasteiger partial charge in [0.15, 0.2) is 5.60 Å². The van der Waals surface area contributed by atoms with E-state index in [-0.39, 0.29) is 5.56 Å². The molecule has 1 atom stereocenters. The zero-order valence-corrected chi connectivity index (χ0v) is 9.21. The SMILES string of the molecule is COc1cccc(C(C)(O)C(F)(F)CN)c1. The van der Waals surface area contributed by atoms with Crippen LogP contribution in [-0.4, -0.2) is 24.7 Å². The standard InChI is InChI=1S/C11H15F2NO2/c1-10(15,11(12,13)7-14)8-4-3-5-9(6-8)16-2/h3-6,15H,7,14H2,1-2H3. The number of ether oxygens (including phenoxy) is 1. The van der Waals surface area contributed by atoms with E-state index in [4.69, 9.17) is 10.5 Å². The second-order valence-corrected chi connectivity index (χ2v) is 3.71. The minimum absolute atomic E-state index is 0.0716. The molecule has 5 heteroatoms. The van der Waals surface area contributed by atoms with Crippen LogP contribution in [0.15, 0.2) is 24.3 Å². The molecule has 0 bridgehead atoms. The van der Waals surface area contributed by atoms with Crippen molar-refractivity contribution in [1.29, 1.82) is 0 Å². The van der Waals surface area contributed by atoms with Crippen molar-refractivity contribution < 1.29 is 18.6 Å². The van der Waals surface area contributed by atoms with E-state index in [1.807, 2.05) is 0 Å². The Kier molecular flexibility index (Phi) is 3.50. The monoisotopic (exact) mass is 231 g/mol. The first-order valence-corrected chi connectivity index (χ1v) is 4.80. The molecule has 0 saturated heterocycles. The minimum Gasteiger partial charge on any atom is -0.497 e. The van der Waals surface area contributed by atoms with Crippen LogP contribution in [0.5, 0.6) is 5.75 Å². The lowest BCUT2D eigenvalue weighted by Gasteiger charge is -2.32. The molecular weight excluding hydrogens is 216 g/mol. The molecule has 3 N–H and O–H groups in total. The maximum atomic E-state index is 13.4. The van der Waals surface area contributed by atoms with Crippen LogP contribution < -0.4 is 10.5 Å². The van der Waals surface area contributed by atoms with Gasteiger partial charge in [0.2, 0.25) is 0 Å². The molecule has 90 valence electrons. The third-order valence-corrected chi connectivity index (χ3v) is 2.60. The maximum Gasteiger partial charge on any atom is 0.291 e. The van der Waals surface area contributed by atoms with Gasteiger partial charge in [0.25, 0.3) is 5.92 Å². The fourth-order valence-electron chi connectivity index (χ4n) is 1.34. The lowest BCUT2D eigenvalue weighted by atomic mass is 9.89. The number of benzene rings is 1. The van der Waals surface area contributed by atoms with Crippen molar-refractivity contribution in [2.45, 2.75) is 18.4 Å². The average molecular weight is 231 g/mol. The molecule has 0 spiro atoms. The van der Waals surface area contributed by atoms with Crippen LogP contribution in [0.2, 0.25) is 0 Å². The van der Waals surface area contributed by atoms with E-state index >= 15 is 0 Å². The molecule has 0 saturated carbocycles. The van der Waals surface area contributed by atoms with Crippen LogP contribution in [0, 0.1) is 0 Å². The van der Waals surface area contributed by atoms with E-state index in [1.165, 1.54) is 25.3 Å². The average Bonchev–Trinajstić information content (AvgIpc) is 2.28. The van der Waals surface area contributed by atoms with Crippen LogP contribution in [-0.2, 0) is 5.60 Å². The Hall–Kier alpha value is -1.20. The molecule has 16 heavy (non-hydrogen) atoms. The second-order valence-electron chi connectivity index (χ2n) is 3.71.